The van der Waals surface area contributed by atoms with Crippen LogP contribution < -0.4 is 21.3 Å². The van der Waals surface area contributed by atoms with E-state index in [0.717, 1.165) is 45.6 Å². The van der Waals surface area contributed by atoms with Gasteiger partial charge in [0.25, 0.3) is 0 Å². The third-order valence-electron chi connectivity index (χ3n) is 18.6. The molecule has 5 heteroatoms. The molecule has 0 atom stereocenters. The minimum atomic E-state index is -0.310. The van der Waals surface area contributed by atoms with Crippen LogP contribution in [0.25, 0.3) is 87.2 Å². The van der Waals surface area contributed by atoms with E-state index in [1.807, 2.05) is 36.4 Å². The highest BCUT2D eigenvalue weighted by atomic mass is 15.0. The Hall–Kier alpha value is -12.8. The number of hydrogen-bond acceptors (Lipinski definition) is 5. The normalized spacial score (nSPS) is 11.8. The zero-order valence-corrected chi connectivity index (χ0v) is 53.3. The molecule has 0 fully saturated rings. The molecule has 460 valence electrons. The average Bonchev–Trinajstić information content (AvgIpc) is 1.51. The van der Waals surface area contributed by atoms with Gasteiger partial charge in [0.15, 0.2) is 0 Å². The summed E-state index contributed by atoms with van der Waals surface area (Å²) in [5.74, 6) is 0.864. The first-order chi connectivity index (χ1) is 48.0. The molecule has 0 saturated carbocycles. The van der Waals surface area contributed by atoms with Crippen LogP contribution in [-0.4, -0.2) is 4.98 Å². The van der Waals surface area contributed by atoms with E-state index < -0.39 is 0 Å². The Morgan fingerprint density at radius 3 is 1.06 bits per heavy atom. The van der Waals surface area contributed by atoms with Crippen molar-refractivity contribution in [1.82, 2.24) is 4.98 Å². The Bertz CT molecular complexity index is 5520. The SMILES string of the molecule is c1ccc(-c2ccc(Nc3ccc4ccccc4c3)cc2)cc1.c1ccc(Nc2ccc3ccccc3c2)nc1.c1ccc2c(c1)-c1ccccc1C21c2ccccc2-c2ccc(Nc3cccc4ccccc34)cc21.c1ccc2cc(Nc3ccc4ccccc4c3)ccc2c1. The number of benzene rings is 16. The summed E-state index contributed by atoms with van der Waals surface area (Å²) < 4.78 is 0. The second-order valence-corrected chi connectivity index (χ2v) is 24.6. The van der Waals surface area contributed by atoms with Crippen molar-refractivity contribution in [2.24, 2.45) is 0 Å². The maximum Gasteiger partial charge on any atom is 0.130 e. The predicted octanol–water partition coefficient (Wildman–Crippen LogP) is 24.9. The molecule has 5 nitrogen and oxygen atoms in total. The van der Waals surface area contributed by atoms with Crippen LogP contribution in [-0.2, 0) is 5.41 Å². The van der Waals surface area contributed by atoms with E-state index in [1.54, 1.807) is 6.20 Å². The van der Waals surface area contributed by atoms with E-state index in [1.165, 1.54) is 109 Å². The quantitative estimate of drug-likeness (QED) is 0.116. The standard InChI is InChI=1S/C35H23N.C22H17N.C20H15N.C15H12N2/c1-2-12-25-23(10-1)11-9-19-34(25)36-24-20-21-29-28-15-5-8-18-32(28)35(33(29)22-24)30-16-6-3-13-26(30)27-14-4-7-17-31(27)35;1-2-6-17(7-3-1)19-10-13-21(14-11-19)23-22-15-12-18-8-4-5-9-20(18)16-22;1-3-7-17-13-19(11-9-15(17)5-1)21-20-12-10-16-6-2-4-8-18(16)14-20;1-2-6-13-11-14(9-8-12(13)5-1)17-15-7-3-4-10-16-15/h1-22,36H;1-16,23H;1-14,21H;1-11H,(H,16,17). The van der Waals surface area contributed by atoms with Crippen molar-refractivity contribution in [3.8, 4) is 33.4 Å². The molecule has 0 aliphatic heterocycles. The van der Waals surface area contributed by atoms with Gasteiger partial charge >= 0.3 is 0 Å². The van der Waals surface area contributed by atoms with Gasteiger partial charge in [-0.3, -0.25) is 0 Å². The van der Waals surface area contributed by atoms with Crippen LogP contribution in [0.15, 0.2) is 382 Å². The zero-order valence-electron chi connectivity index (χ0n) is 53.3. The summed E-state index contributed by atoms with van der Waals surface area (Å²) in [6.07, 6.45) is 1.78. The van der Waals surface area contributed by atoms with Crippen LogP contribution in [0.5, 0.6) is 0 Å². The molecule has 17 aromatic rings. The van der Waals surface area contributed by atoms with Crippen molar-refractivity contribution < 1.29 is 0 Å². The number of anilines is 8. The van der Waals surface area contributed by atoms with Crippen molar-refractivity contribution in [3.05, 3.63) is 405 Å². The van der Waals surface area contributed by atoms with Gasteiger partial charge in [0.2, 0.25) is 0 Å². The number of nitrogens with zero attached hydrogens (tertiary/aromatic N) is 1. The van der Waals surface area contributed by atoms with Crippen molar-refractivity contribution in [2.75, 3.05) is 21.3 Å². The van der Waals surface area contributed by atoms with Crippen molar-refractivity contribution in [3.63, 3.8) is 0 Å². The molecule has 0 amide bonds. The van der Waals surface area contributed by atoms with E-state index in [2.05, 4.69) is 366 Å². The third-order valence-corrected chi connectivity index (χ3v) is 18.6. The average molecular weight is 1240 g/mol. The Balaban J connectivity index is 0.000000106. The molecule has 2 aliphatic rings. The number of fused-ring (bicyclic) bond motifs is 15. The summed E-state index contributed by atoms with van der Waals surface area (Å²) in [7, 11) is 0. The zero-order chi connectivity index (χ0) is 64.7. The lowest BCUT2D eigenvalue weighted by molar-refractivity contribution is 0.794. The van der Waals surface area contributed by atoms with E-state index in [9.17, 15) is 0 Å². The molecule has 0 bridgehead atoms. The van der Waals surface area contributed by atoms with E-state index in [0.29, 0.717) is 0 Å². The molecular formula is C92H67N5. The predicted molar refractivity (Wildman–Crippen MR) is 412 cm³/mol. The summed E-state index contributed by atoms with van der Waals surface area (Å²) in [6.45, 7) is 0. The van der Waals surface area contributed by atoms with Crippen LogP contribution in [0.3, 0.4) is 0 Å². The van der Waals surface area contributed by atoms with E-state index in [-0.39, 0.29) is 5.41 Å². The summed E-state index contributed by atoms with van der Waals surface area (Å²) >= 11 is 0. The van der Waals surface area contributed by atoms with Crippen LogP contribution in [0.1, 0.15) is 22.3 Å². The Kier molecular flexibility index (Phi) is 16.3. The summed E-state index contributed by atoms with van der Waals surface area (Å²) in [5.41, 5.74) is 20.7. The summed E-state index contributed by atoms with van der Waals surface area (Å²) in [5, 5.41) is 26.5. The molecule has 1 aromatic heterocycles. The second-order valence-electron chi connectivity index (χ2n) is 24.6. The molecule has 0 unspecified atom stereocenters. The minimum Gasteiger partial charge on any atom is -0.356 e. The molecule has 1 spiro atoms. The van der Waals surface area contributed by atoms with Gasteiger partial charge in [-0.05, 0) is 195 Å². The van der Waals surface area contributed by atoms with Gasteiger partial charge in [0.05, 0.1) is 5.41 Å². The monoisotopic (exact) mass is 1240 g/mol. The number of aromatic nitrogens is 1. The van der Waals surface area contributed by atoms with Gasteiger partial charge in [-0.2, -0.15) is 0 Å². The number of nitrogens with one attached hydrogen (secondary N) is 4. The lowest BCUT2D eigenvalue weighted by Crippen LogP contribution is -2.25. The molecule has 2 aliphatic carbocycles. The molecule has 16 aromatic carbocycles. The topological polar surface area (TPSA) is 61.0 Å². The second kappa shape index (κ2) is 26.6. The minimum absolute atomic E-state index is 0.310. The Labute approximate surface area is 565 Å². The fourth-order valence-corrected chi connectivity index (χ4v) is 14.0. The van der Waals surface area contributed by atoms with Gasteiger partial charge in [-0.15, -0.1) is 0 Å². The van der Waals surface area contributed by atoms with Gasteiger partial charge < -0.3 is 21.3 Å². The van der Waals surface area contributed by atoms with Crippen LogP contribution >= 0.6 is 0 Å². The van der Waals surface area contributed by atoms with Crippen molar-refractivity contribution >= 4 is 99.5 Å². The lowest BCUT2D eigenvalue weighted by atomic mass is 9.70. The first-order valence-electron chi connectivity index (χ1n) is 33.1. The first-order valence-corrected chi connectivity index (χ1v) is 33.1. The number of rotatable bonds is 9. The molecule has 19 rings (SSSR count). The first kappa shape index (κ1) is 59.2. The lowest BCUT2D eigenvalue weighted by Gasteiger charge is -2.30. The van der Waals surface area contributed by atoms with Crippen LogP contribution in [0.4, 0.5) is 45.6 Å². The largest absolute Gasteiger partial charge is 0.356 e. The summed E-state index contributed by atoms with van der Waals surface area (Å²) in [6, 6.07) is 133. The van der Waals surface area contributed by atoms with Crippen molar-refractivity contribution in [2.45, 2.75) is 5.41 Å². The fourth-order valence-electron chi connectivity index (χ4n) is 14.0. The molecule has 0 saturated heterocycles. The maximum atomic E-state index is 4.24. The Morgan fingerprint density at radius 1 is 0.206 bits per heavy atom. The highest BCUT2D eigenvalue weighted by Crippen LogP contribution is 2.63. The van der Waals surface area contributed by atoms with Gasteiger partial charge in [-0.1, -0.05) is 285 Å². The summed E-state index contributed by atoms with van der Waals surface area (Å²) in [4.78, 5) is 4.24. The number of hydrogen-bond donors (Lipinski definition) is 4. The van der Waals surface area contributed by atoms with E-state index in [4.69, 9.17) is 0 Å². The van der Waals surface area contributed by atoms with Gasteiger partial charge in [0.1, 0.15) is 5.82 Å². The molecule has 97 heavy (non-hydrogen) atoms. The molecule has 4 N–H and O–H groups in total. The van der Waals surface area contributed by atoms with Gasteiger partial charge in [-0.25, -0.2) is 4.98 Å². The number of pyridine rings is 1. The molecule has 1 heterocycles. The molecule has 0 radical (unpaired) electrons. The maximum absolute atomic E-state index is 4.24. The van der Waals surface area contributed by atoms with E-state index >= 15 is 0 Å². The Morgan fingerprint density at radius 2 is 0.567 bits per heavy atom. The van der Waals surface area contributed by atoms with Crippen LogP contribution in [0.2, 0.25) is 0 Å². The third kappa shape index (κ3) is 12.2. The smallest absolute Gasteiger partial charge is 0.130 e. The van der Waals surface area contributed by atoms with Gasteiger partial charge in [0, 0.05) is 51.4 Å². The molecular weight excluding hydrogens is 1180 g/mol. The fraction of sp³-hybridized carbons (Fsp3) is 0.0109. The highest BCUT2D eigenvalue weighted by Gasteiger charge is 2.51. The van der Waals surface area contributed by atoms with Crippen LogP contribution in [0, 0.1) is 0 Å². The highest BCUT2D eigenvalue weighted by molar-refractivity contribution is 5.99. The van der Waals surface area contributed by atoms with Crippen molar-refractivity contribution in [1.29, 1.82) is 0 Å².